The fourth-order valence-electron chi connectivity index (χ4n) is 3.22. The van der Waals surface area contributed by atoms with Crippen LogP contribution in [0.2, 0.25) is 0 Å². The first kappa shape index (κ1) is 21.0. The van der Waals surface area contributed by atoms with Crippen molar-refractivity contribution < 1.29 is 14.3 Å². The number of ether oxygens (including phenoxy) is 1. The SMILES string of the molecule is CC(=O)Nc1sc(C)c(C)c1C(=O)OCc1nc2scc(-c3ccccc3)c2c(=O)[nH]1. The summed E-state index contributed by atoms with van der Waals surface area (Å²) < 4.78 is 5.41. The smallest absolute Gasteiger partial charge is 0.341 e. The minimum atomic E-state index is -0.579. The van der Waals surface area contributed by atoms with Crippen LogP contribution >= 0.6 is 22.7 Å². The predicted molar refractivity (Wildman–Crippen MR) is 123 cm³/mol. The molecule has 2 N–H and O–H groups in total. The highest BCUT2D eigenvalue weighted by Crippen LogP contribution is 2.33. The van der Waals surface area contributed by atoms with Crippen LogP contribution in [-0.2, 0) is 16.1 Å². The zero-order valence-corrected chi connectivity index (χ0v) is 18.7. The summed E-state index contributed by atoms with van der Waals surface area (Å²) in [6.45, 7) is 4.87. The second-order valence-corrected chi connectivity index (χ2v) is 9.04. The number of rotatable bonds is 5. The van der Waals surface area contributed by atoms with Gasteiger partial charge in [0.25, 0.3) is 5.56 Å². The fraction of sp³-hybridized carbons (Fsp3) is 0.182. The first-order valence-corrected chi connectivity index (χ1v) is 11.1. The van der Waals surface area contributed by atoms with Gasteiger partial charge in [0.2, 0.25) is 5.91 Å². The zero-order valence-electron chi connectivity index (χ0n) is 17.1. The maximum absolute atomic E-state index is 12.7. The Bertz CT molecular complexity index is 1350. The molecule has 0 radical (unpaired) electrons. The van der Waals surface area contributed by atoms with Gasteiger partial charge in [0.05, 0.1) is 10.9 Å². The number of H-pyrrole nitrogens is 1. The zero-order chi connectivity index (χ0) is 22.1. The highest BCUT2D eigenvalue weighted by Gasteiger charge is 2.22. The Labute approximate surface area is 185 Å². The van der Waals surface area contributed by atoms with Crippen molar-refractivity contribution in [2.24, 2.45) is 0 Å². The molecule has 4 aromatic rings. The molecule has 158 valence electrons. The third kappa shape index (κ3) is 4.14. The number of carbonyl (C=O) groups excluding carboxylic acids is 2. The third-order valence-corrected chi connectivity index (χ3v) is 6.79. The molecular weight excluding hydrogens is 434 g/mol. The Morgan fingerprint density at radius 2 is 1.94 bits per heavy atom. The lowest BCUT2D eigenvalue weighted by molar-refractivity contribution is -0.114. The number of carbonyl (C=O) groups is 2. The number of aromatic nitrogens is 2. The molecule has 9 heteroatoms. The van der Waals surface area contributed by atoms with Crippen LogP contribution in [0.15, 0.2) is 40.5 Å². The molecule has 1 amide bonds. The molecule has 0 bridgehead atoms. The Morgan fingerprint density at radius 1 is 1.19 bits per heavy atom. The van der Waals surface area contributed by atoms with Crippen LogP contribution in [0.5, 0.6) is 0 Å². The summed E-state index contributed by atoms with van der Waals surface area (Å²) >= 11 is 2.69. The van der Waals surface area contributed by atoms with Crippen molar-refractivity contribution in [2.75, 3.05) is 5.32 Å². The fourth-order valence-corrected chi connectivity index (χ4v) is 5.28. The normalized spacial score (nSPS) is 10.9. The Hall–Kier alpha value is -3.30. The number of aryl methyl sites for hydroxylation is 1. The van der Waals surface area contributed by atoms with Crippen molar-refractivity contribution in [3.05, 3.63) is 67.9 Å². The molecule has 3 aromatic heterocycles. The van der Waals surface area contributed by atoms with E-state index in [0.29, 0.717) is 20.8 Å². The summed E-state index contributed by atoms with van der Waals surface area (Å²) in [4.78, 5) is 45.6. The van der Waals surface area contributed by atoms with Crippen LogP contribution < -0.4 is 10.9 Å². The largest absolute Gasteiger partial charge is 0.454 e. The lowest BCUT2D eigenvalue weighted by Crippen LogP contribution is -2.15. The van der Waals surface area contributed by atoms with Gasteiger partial charge in [0.15, 0.2) is 0 Å². The maximum Gasteiger partial charge on any atom is 0.341 e. The highest BCUT2D eigenvalue weighted by molar-refractivity contribution is 7.17. The summed E-state index contributed by atoms with van der Waals surface area (Å²) in [5.41, 5.74) is 2.55. The first-order chi connectivity index (χ1) is 14.8. The number of aromatic amines is 1. The number of thiophene rings is 2. The lowest BCUT2D eigenvalue weighted by Gasteiger charge is -2.07. The maximum atomic E-state index is 12.7. The van der Waals surface area contributed by atoms with E-state index in [1.807, 2.05) is 42.6 Å². The highest BCUT2D eigenvalue weighted by atomic mass is 32.1. The van der Waals surface area contributed by atoms with E-state index in [1.54, 1.807) is 6.92 Å². The van der Waals surface area contributed by atoms with Crippen LogP contribution in [-0.4, -0.2) is 21.8 Å². The standard InChI is InChI=1S/C22H19N3O4S2/c1-11-12(2)31-21(23-13(3)26)17(11)22(28)29-9-16-24-19(27)18-15(10-30-20(18)25-16)14-7-5-4-6-8-14/h4-8,10H,9H2,1-3H3,(H,23,26)(H,24,25,27). The van der Waals surface area contributed by atoms with Crippen molar-refractivity contribution in [2.45, 2.75) is 27.4 Å². The lowest BCUT2D eigenvalue weighted by atomic mass is 10.1. The summed E-state index contributed by atoms with van der Waals surface area (Å²) in [5.74, 6) is -0.582. The average molecular weight is 454 g/mol. The number of hydrogen-bond donors (Lipinski definition) is 2. The Balaban J connectivity index is 1.59. The van der Waals surface area contributed by atoms with E-state index < -0.39 is 5.97 Å². The van der Waals surface area contributed by atoms with Crippen LogP contribution in [0.3, 0.4) is 0 Å². The molecule has 0 saturated carbocycles. The number of benzene rings is 1. The number of anilines is 1. The molecule has 4 rings (SSSR count). The molecule has 0 aliphatic rings. The van der Waals surface area contributed by atoms with Gasteiger partial charge in [-0.1, -0.05) is 30.3 Å². The second kappa shape index (κ2) is 8.44. The van der Waals surface area contributed by atoms with E-state index >= 15 is 0 Å². The third-order valence-electron chi connectivity index (χ3n) is 4.80. The topological polar surface area (TPSA) is 101 Å². The first-order valence-electron chi connectivity index (χ1n) is 9.45. The van der Waals surface area contributed by atoms with Gasteiger partial charge >= 0.3 is 5.97 Å². The van der Waals surface area contributed by atoms with Gasteiger partial charge in [0.1, 0.15) is 22.3 Å². The van der Waals surface area contributed by atoms with E-state index in [0.717, 1.165) is 21.6 Å². The van der Waals surface area contributed by atoms with Crippen LogP contribution in [0.25, 0.3) is 21.3 Å². The number of nitrogens with zero attached hydrogens (tertiary/aromatic N) is 1. The van der Waals surface area contributed by atoms with Crippen molar-refractivity contribution in [1.29, 1.82) is 0 Å². The minimum absolute atomic E-state index is 0.184. The van der Waals surface area contributed by atoms with Crippen molar-refractivity contribution in [3.8, 4) is 11.1 Å². The number of hydrogen-bond acceptors (Lipinski definition) is 7. The molecule has 0 aliphatic heterocycles. The second-order valence-electron chi connectivity index (χ2n) is 6.95. The van der Waals surface area contributed by atoms with Gasteiger partial charge < -0.3 is 15.0 Å². The monoisotopic (exact) mass is 453 g/mol. The van der Waals surface area contributed by atoms with E-state index in [9.17, 15) is 14.4 Å². The van der Waals surface area contributed by atoms with E-state index in [-0.39, 0.29) is 23.9 Å². The Kier molecular flexibility index (Phi) is 5.71. The molecular formula is C22H19N3O4S2. The van der Waals surface area contributed by atoms with Gasteiger partial charge in [-0.2, -0.15) is 0 Å². The molecule has 0 aliphatic carbocycles. The number of amides is 1. The number of nitrogens with one attached hydrogen (secondary N) is 2. The van der Waals surface area contributed by atoms with Gasteiger partial charge in [0, 0.05) is 22.7 Å². The van der Waals surface area contributed by atoms with E-state index in [1.165, 1.54) is 29.6 Å². The summed E-state index contributed by atoms with van der Waals surface area (Å²) in [6, 6.07) is 9.62. The molecule has 0 spiro atoms. The molecule has 0 fully saturated rings. The molecule has 0 unspecified atom stereocenters. The van der Waals surface area contributed by atoms with E-state index in [2.05, 4.69) is 15.3 Å². The molecule has 31 heavy (non-hydrogen) atoms. The van der Waals surface area contributed by atoms with Crippen molar-refractivity contribution >= 4 is 49.8 Å². The van der Waals surface area contributed by atoms with Crippen molar-refractivity contribution in [1.82, 2.24) is 9.97 Å². The quantitative estimate of drug-likeness (QED) is 0.429. The van der Waals surface area contributed by atoms with E-state index in [4.69, 9.17) is 4.74 Å². The molecule has 7 nitrogen and oxygen atoms in total. The number of esters is 1. The van der Waals surface area contributed by atoms with Gasteiger partial charge in [-0.3, -0.25) is 9.59 Å². The van der Waals surface area contributed by atoms with Crippen LogP contribution in [0.4, 0.5) is 5.00 Å². The molecule has 1 aromatic carbocycles. The van der Waals surface area contributed by atoms with Crippen LogP contribution in [0, 0.1) is 13.8 Å². The van der Waals surface area contributed by atoms with Gasteiger partial charge in [-0.15, -0.1) is 22.7 Å². The minimum Gasteiger partial charge on any atom is -0.454 e. The molecule has 3 heterocycles. The average Bonchev–Trinajstić information content (AvgIpc) is 3.28. The van der Waals surface area contributed by atoms with Crippen molar-refractivity contribution in [3.63, 3.8) is 0 Å². The number of fused-ring (bicyclic) bond motifs is 1. The molecule has 0 saturated heterocycles. The summed E-state index contributed by atoms with van der Waals surface area (Å²) in [7, 11) is 0. The van der Waals surface area contributed by atoms with Gasteiger partial charge in [-0.25, -0.2) is 9.78 Å². The van der Waals surface area contributed by atoms with Gasteiger partial charge in [-0.05, 0) is 25.0 Å². The Morgan fingerprint density at radius 3 is 2.65 bits per heavy atom. The molecule has 0 atom stereocenters. The van der Waals surface area contributed by atoms with Crippen LogP contribution in [0.1, 0.15) is 33.5 Å². The predicted octanol–water partition coefficient (Wildman–Crippen LogP) is 4.65. The summed E-state index contributed by atoms with van der Waals surface area (Å²) in [5, 5.41) is 5.54. The summed E-state index contributed by atoms with van der Waals surface area (Å²) in [6.07, 6.45) is 0.